The van der Waals surface area contributed by atoms with Gasteiger partial charge < -0.3 is 14.6 Å². The van der Waals surface area contributed by atoms with Crippen LogP contribution in [0.4, 0.5) is 0 Å². The number of ether oxygens (including phenoxy) is 2. The van der Waals surface area contributed by atoms with Gasteiger partial charge in [-0.2, -0.15) is 5.26 Å². The number of allylic oxidation sites excluding steroid dienone is 1. The number of nitrogens with zero attached hydrogens (tertiary/aromatic N) is 1. The van der Waals surface area contributed by atoms with E-state index < -0.39 is 5.97 Å². The highest BCUT2D eigenvalue weighted by molar-refractivity contribution is 5.87. The highest BCUT2D eigenvalue weighted by Crippen LogP contribution is 2.08. The van der Waals surface area contributed by atoms with Crippen LogP contribution in [0, 0.1) is 11.3 Å². The topological polar surface area (TPSA) is 79.5 Å². The second kappa shape index (κ2) is 11.7. The number of carbonyl (C=O) groups is 1. The molecule has 0 saturated carbocycles. The van der Waals surface area contributed by atoms with Crippen molar-refractivity contribution in [1.29, 1.82) is 5.26 Å². The highest BCUT2D eigenvalue weighted by Gasteiger charge is 2.07. The summed E-state index contributed by atoms with van der Waals surface area (Å²) in [6.07, 6.45) is 4.02. The Morgan fingerprint density at radius 2 is 2.16 bits per heavy atom. The van der Waals surface area contributed by atoms with E-state index in [0.717, 1.165) is 18.9 Å². The Kier molecular flexibility index (Phi) is 10.8. The molecule has 5 nitrogen and oxygen atoms in total. The highest BCUT2D eigenvalue weighted by atomic mass is 16.5. The van der Waals surface area contributed by atoms with Crippen molar-refractivity contribution in [2.75, 3.05) is 19.8 Å². The maximum Gasteiger partial charge on any atom is 0.332 e. The van der Waals surface area contributed by atoms with E-state index in [1.165, 1.54) is 0 Å². The van der Waals surface area contributed by atoms with E-state index in [-0.39, 0.29) is 11.7 Å². The summed E-state index contributed by atoms with van der Waals surface area (Å²) >= 11 is 0. The van der Waals surface area contributed by atoms with Crippen LogP contribution in [-0.4, -0.2) is 37.0 Å². The molecule has 0 spiro atoms. The second-order valence-electron chi connectivity index (χ2n) is 4.12. The minimum Gasteiger partial charge on any atom is -0.478 e. The fourth-order valence-electron chi connectivity index (χ4n) is 1.57. The molecular weight excluding hydrogens is 246 g/mol. The first-order chi connectivity index (χ1) is 9.15. The van der Waals surface area contributed by atoms with Crippen LogP contribution in [0.15, 0.2) is 11.6 Å². The summed E-state index contributed by atoms with van der Waals surface area (Å²) in [5.41, 5.74) is 0.156. The van der Waals surface area contributed by atoms with Crippen molar-refractivity contribution in [3.8, 4) is 6.07 Å². The standard InChI is InChI=1S/C14H23NO4/c1-3-13(19-4-2)11-18-10-6-5-7-12(8-9-15)14(16)17/h8,13H,3-7,10-11H2,1-2H3,(H,16,17). The van der Waals surface area contributed by atoms with Gasteiger partial charge in [-0.1, -0.05) is 6.92 Å². The van der Waals surface area contributed by atoms with E-state index in [0.29, 0.717) is 32.7 Å². The molecule has 0 aliphatic rings. The molecule has 0 aliphatic carbocycles. The van der Waals surface area contributed by atoms with Crippen LogP contribution < -0.4 is 0 Å². The van der Waals surface area contributed by atoms with Gasteiger partial charge in [0.05, 0.1) is 18.8 Å². The number of aliphatic carboxylic acids is 1. The minimum absolute atomic E-state index is 0.137. The lowest BCUT2D eigenvalue weighted by Crippen LogP contribution is -2.19. The zero-order chi connectivity index (χ0) is 14.5. The van der Waals surface area contributed by atoms with Crippen molar-refractivity contribution in [2.45, 2.75) is 45.6 Å². The SMILES string of the molecule is CCOC(CC)COCCCCC(=CC#N)C(=O)O. The normalized spacial score (nSPS) is 13.0. The summed E-state index contributed by atoms with van der Waals surface area (Å²) in [6, 6.07) is 1.75. The molecule has 0 heterocycles. The number of rotatable bonds is 11. The zero-order valence-electron chi connectivity index (χ0n) is 11.7. The van der Waals surface area contributed by atoms with Crippen LogP contribution >= 0.6 is 0 Å². The number of carboxylic acids is 1. The first-order valence-electron chi connectivity index (χ1n) is 6.66. The molecule has 1 atom stereocenters. The van der Waals surface area contributed by atoms with Gasteiger partial charge in [-0.25, -0.2) is 4.79 Å². The van der Waals surface area contributed by atoms with E-state index in [1.807, 2.05) is 6.92 Å². The Balaban J connectivity index is 3.67. The number of unbranched alkanes of at least 4 members (excludes halogenated alkanes) is 1. The van der Waals surface area contributed by atoms with Crippen LogP contribution in [0.1, 0.15) is 39.5 Å². The number of carboxylic acid groups (broad SMARTS) is 1. The quantitative estimate of drug-likeness (QED) is 0.354. The molecule has 0 aromatic rings. The molecule has 0 fully saturated rings. The van der Waals surface area contributed by atoms with Crippen LogP contribution in [-0.2, 0) is 14.3 Å². The predicted octanol–water partition coefficient (Wildman–Crippen LogP) is 2.52. The molecule has 5 heteroatoms. The number of nitriles is 1. The van der Waals surface area contributed by atoms with E-state index in [1.54, 1.807) is 6.07 Å². The monoisotopic (exact) mass is 269 g/mol. The van der Waals surface area contributed by atoms with Gasteiger partial charge in [0.2, 0.25) is 0 Å². The van der Waals surface area contributed by atoms with Crippen LogP contribution in [0.3, 0.4) is 0 Å². The third kappa shape index (κ3) is 9.23. The average molecular weight is 269 g/mol. The van der Waals surface area contributed by atoms with Gasteiger partial charge in [-0.05, 0) is 32.6 Å². The second-order valence-corrected chi connectivity index (χ2v) is 4.12. The molecule has 0 saturated heterocycles. The lowest BCUT2D eigenvalue weighted by atomic mass is 10.1. The molecule has 0 rings (SSSR count). The van der Waals surface area contributed by atoms with Gasteiger partial charge in [0.1, 0.15) is 0 Å². The fraction of sp³-hybridized carbons (Fsp3) is 0.714. The summed E-state index contributed by atoms with van der Waals surface area (Å²) < 4.78 is 10.9. The van der Waals surface area contributed by atoms with E-state index in [9.17, 15) is 4.79 Å². The summed E-state index contributed by atoms with van der Waals surface area (Å²) in [6.45, 7) is 5.85. The van der Waals surface area contributed by atoms with Crippen LogP contribution in [0.25, 0.3) is 0 Å². The molecule has 0 bridgehead atoms. The summed E-state index contributed by atoms with van der Waals surface area (Å²) in [5, 5.41) is 17.2. The number of hydrogen-bond donors (Lipinski definition) is 1. The van der Waals surface area contributed by atoms with Crippen molar-refractivity contribution < 1.29 is 19.4 Å². The maximum atomic E-state index is 10.7. The van der Waals surface area contributed by atoms with E-state index in [2.05, 4.69) is 6.92 Å². The minimum atomic E-state index is -1.02. The van der Waals surface area contributed by atoms with Crippen molar-refractivity contribution in [2.24, 2.45) is 0 Å². The largest absolute Gasteiger partial charge is 0.478 e. The summed E-state index contributed by atoms with van der Waals surface area (Å²) in [4.78, 5) is 10.7. The summed E-state index contributed by atoms with van der Waals surface area (Å²) in [7, 11) is 0. The van der Waals surface area contributed by atoms with Crippen molar-refractivity contribution in [3.05, 3.63) is 11.6 Å². The lowest BCUT2D eigenvalue weighted by Gasteiger charge is -2.14. The summed E-state index contributed by atoms with van der Waals surface area (Å²) in [5.74, 6) is -1.02. The van der Waals surface area contributed by atoms with Gasteiger partial charge in [0.25, 0.3) is 0 Å². The Labute approximate surface area is 114 Å². The Bertz CT molecular complexity index is 320. The van der Waals surface area contributed by atoms with Crippen LogP contribution in [0.5, 0.6) is 0 Å². The zero-order valence-corrected chi connectivity index (χ0v) is 11.7. The molecule has 0 aromatic carbocycles. The molecule has 0 aliphatic heterocycles. The van der Waals surface area contributed by atoms with Gasteiger partial charge in [0, 0.05) is 24.9 Å². The molecule has 19 heavy (non-hydrogen) atoms. The van der Waals surface area contributed by atoms with Gasteiger partial charge in [0.15, 0.2) is 0 Å². The fourth-order valence-corrected chi connectivity index (χ4v) is 1.57. The van der Waals surface area contributed by atoms with Crippen molar-refractivity contribution in [1.82, 2.24) is 0 Å². The Hall–Kier alpha value is -1.38. The molecule has 0 radical (unpaired) electrons. The molecule has 0 amide bonds. The van der Waals surface area contributed by atoms with Crippen molar-refractivity contribution in [3.63, 3.8) is 0 Å². The smallest absolute Gasteiger partial charge is 0.332 e. The Morgan fingerprint density at radius 3 is 2.68 bits per heavy atom. The third-order valence-corrected chi connectivity index (χ3v) is 2.66. The molecule has 108 valence electrons. The van der Waals surface area contributed by atoms with Gasteiger partial charge in [-0.15, -0.1) is 0 Å². The maximum absolute atomic E-state index is 10.7. The molecule has 0 aromatic heterocycles. The predicted molar refractivity (Wildman–Crippen MR) is 71.7 cm³/mol. The van der Waals surface area contributed by atoms with E-state index in [4.69, 9.17) is 19.8 Å². The number of hydrogen-bond acceptors (Lipinski definition) is 4. The van der Waals surface area contributed by atoms with Gasteiger partial charge in [-0.3, -0.25) is 0 Å². The lowest BCUT2D eigenvalue weighted by molar-refractivity contribution is -0.132. The van der Waals surface area contributed by atoms with E-state index >= 15 is 0 Å². The Morgan fingerprint density at radius 1 is 1.42 bits per heavy atom. The molecule has 1 N–H and O–H groups in total. The van der Waals surface area contributed by atoms with Crippen LogP contribution in [0.2, 0.25) is 0 Å². The molecular formula is C14H23NO4. The molecule has 1 unspecified atom stereocenters. The van der Waals surface area contributed by atoms with Crippen molar-refractivity contribution >= 4 is 5.97 Å². The average Bonchev–Trinajstić information content (AvgIpc) is 2.39. The third-order valence-electron chi connectivity index (χ3n) is 2.66. The first-order valence-corrected chi connectivity index (χ1v) is 6.66. The first kappa shape index (κ1) is 17.6. The van der Waals surface area contributed by atoms with Gasteiger partial charge >= 0.3 is 5.97 Å².